The standard InChI is InChI=1S/C12H14N4O2S/c1-8-14-15-12(19)16(8)13-7-9-4-5-10(17-2)11(6-9)18-3/h4-7H,1-3H3,(H,15,19)/b13-7-. The minimum atomic E-state index is 0.453. The van der Waals surface area contributed by atoms with E-state index in [0.717, 1.165) is 5.56 Å². The quantitative estimate of drug-likeness (QED) is 0.687. The first-order chi connectivity index (χ1) is 9.15. The number of ether oxygens (including phenoxy) is 2. The van der Waals surface area contributed by atoms with E-state index < -0.39 is 0 Å². The Morgan fingerprint density at radius 2 is 2.05 bits per heavy atom. The smallest absolute Gasteiger partial charge is 0.216 e. The van der Waals surface area contributed by atoms with E-state index in [1.807, 2.05) is 25.1 Å². The number of nitrogens with zero attached hydrogens (tertiary/aromatic N) is 3. The van der Waals surface area contributed by atoms with Crippen LogP contribution in [-0.2, 0) is 0 Å². The Hall–Kier alpha value is -2.15. The van der Waals surface area contributed by atoms with Crippen LogP contribution in [0.1, 0.15) is 11.4 Å². The molecule has 1 aromatic carbocycles. The predicted molar refractivity (Wildman–Crippen MR) is 74.7 cm³/mol. The van der Waals surface area contributed by atoms with E-state index in [9.17, 15) is 0 Å². The van der Waals surface area contributed by atoms with Crippen molar-refractivity contribution in [1.82, 2.24) is 14.9 Å². The molecule has 7 heteroatoms. The Kier molecular flexibility index (Phi) is 3.96. The summed E-state index contributed by atoms with van der Waals surface area (Å²) in [5, 5.41) is 10.9. The molecular weight excluding hydrogens is 264 g/mol. The lowest BCUT2D eigenvalue weighted by Crippen LogP contribution is -1.95. The van der Waals surface area contributed by atoms with Gasteiger partial charge in [-0.1, -0.05) is 0 Å². The number of nitrogens with one attached hydrogen (secondary N) is 1. The maximum absolute atomic E-state index is 5.23. The van der Waals surface area contributed by atoms with Crippen LogP contribution in [-0.4, -0.2) is 35.3 Å². The van der Waals surface area contributed by atoms with Crippen LogP contribution in [0.15, 0.2) is 23.3 Å². The molecule has 100 valence electrons. The van der Waals surface area contributed by atoms with Crippen molar-refractivity contribution in [3.05, 3.63) is 34.4 Å². The van der Waals surface area contributed by atoms with Crippen LogP contribution >= 0.6 is 12.2 Å². The highest BCUT2D eigenvalue weighted by Gasteiger charge is 2.03. The van der Waals surface area contributed by atoms with Gasteiger partial charge in [-0.05, 0) is 42.9 Å². The van der Waals surface area contributed by atoms with Crippen molar-refractivity contribution >= 4 is 18.4 Å². The van der Waals surface area contributed by atoms with Crippen LogP contribution < -0.4 is 9.47 Å². The highest BCUT2D eigenvalue weighted by atomic mass is 32.1. The van der Waals surface area contributed by atoms with Gasteiger partial charge in [0.1, 0.15) is 5.82 Å². The summed E-state index contributed by atoms with van der Waals surface area (Å²) in [6.45, 7) is 1.82. The van der Waals surface area contributed by atoms with Gasteiger partial charge in [0.05, 0.1) is 20.4 Å². The predicted octanol–water partition coefficient (Wildman–Crippen LogP) is 2.15. The SMILES string of the molecule is COc1ccc(/C=N\n2c(C)n[nH]c2=S)cc1OC. The molecule has 19 heavy (non-hydrogen) atoms. The molecule has 1 heterocycles. The maximum atomic E-state index is 5.23. The van der Waals surface area contributed by atoms with E-state index in [-0.39, 0.29) is 0 Å². The first-order valence-corrected chi connectivity index (χ1v) is 5.97. The second-order valence-electron chi connectivity index (χ2n) is 3.75. The normalized spacial score (nSPS) is 10.9. The van der Waals surface area contributed by atoms with Gasteiger partial charge in [0, 0.05) is 0 Å². The van der Waals surface area contributed by atoms with E-state index in [2.05, 4.69) is 15.3 Å². The Labute approximate surface area is 115 Å². The van der Waals surface area contributed by atoms with E-state index in [1.165, 1.54) is 0 Å². The molecule has 0 unspecified atom stereocenters. The molecule has 0 spiro atoms. The molecule has 0 fully saturated rings. The zero-order valence-corrected chi connectivity index (χ0v) is 11.7. The van der Waals surface area contributed by atoms with Crippen LogP contribution in [0.3, 0.4) is 0 Å². The third kappa shape index (κ3) is 2.82. The average molecular weight is 278 g/mol. The number of methoxy groups -OCH3 is 2. The molecule has 0 aliphatic rings. The molecule has 1 N–H and O–H groups in total. The summed E-state index contributed by atoms with van der Waals surface area (Å²) in [7, 11) is 3.19. The molecule has 0 amide bonds. The summed E-state index contributed by atoms with van der Waals surface area (Å²) in [6, 6.07) is 5.53. The molecule has 0 saturated carbocycles. The van der Waals surface area contributed by atoms with Gasteiger partial charge in [0.2, 0.25) is 4.77 Å². The Morgan fingerprint density at radius 1 is 1.32 bits per heavy atom. The summed E-state index contributed by atoms with van der Waals surface area (Å²) in [6.07, 6.45) is 1.68. The van der Waals surface area contributed by atoms with Gasteiger partial charge in [-0.15, -0.1) is 0 Å². The fourth-order valence-electron chi connectivity index (χ4n) is 1.56. The first-order valence-electron chi connectivity index (χ1n) is 5.56. The number of benzene rings is 1. The van der Waals surface area contributed by atoms with Crippen LogP contribution in [0, 0.1) is 11.7 Å². The van der Waals surface area contributed by atoms with Crippen molar-refractivity contribution in [3.63, 3.8) is 0 Å². The lowest BCUT2D eigenvalue weighted by atomic mass is 10.2. The van der Waals surface area contributed by atoms with Gasteiger partial charge in [0.15, 0.2) is 11.5 Å². The van der Waals surface area contributed by atoms with Crippen molar-refractivity contribution in [2.45, 2.75) is 6.92 Å². The summed E-state index contributed by atoms with van der Waals surface area (Å²) < 4.78 is 12.4. The number of H-pyrrole nitrogens is 1. The third-order valence-electron chi connectivity index (χ3n) is 2.54. The zero-order valence-electron chi connectivity index (χ0n) is 10.9. The summed E-state index contributed by atoms with van der Waals surface area (Å²) in [5.41, 5.74) is 0.875. The van der Waals surface area contributed by atoms with E-state index in [4.69, 9.17) is 21.7 Å². The monoisotopic (exact) mass is 278 g/mol. The number of rotatable bonds is 4. The van der Waals surface area contributed by atoms with Crippen LogP contribution in [0.5, 0.6) is 11.5 Å². The first kappa shape index (κ1) is 13.3. The van der Waals surface area contributed by atoms with Crippen molar-refractivity contribution in [1.29, 1.82) is 0 Å². The van der Waals surface area contributed by atoms with Gasteiger partial charge in [-0.25, -0.2) is 0 Å². The molecule has 0 bridgehead atoms. The van der Waals surface area contributed by atoms with Crippen molar-refractivity contribution < 1.29 is 9.47 Å². The van der Waals surface area contributed by atoms with Gasteiger partial charge in [0.25, 0.3) is 0 Å². The van der Waals surface area contributed by atoms with Crippen molar-refractivity contribution in [2.75, 3.05) is 14.2 Å². The summed E-state index contributed by atoms with van der Waals surface area (Å²) in [5.74, 6) is 2.02. The van der Waals surface area contributed by atoms with Crippen molar-refractivity contribution in [2.24, 2.45) is 5.10 Å². The molecule has 1 aromatic heterocycles. The zero-order chi connectivity index (χ0) is 13.8. The number of hydrogen-bond donors (Lipinski definition) is 1. The molecule has 6 nitrogen and oxygen atoms in total. The van der Waals surface area contributed by atoms with Gasteiger partial charge < -0.3 is 9.47 Å². The van der Waals surface area contributed by atoms with Crippen LogP contribution in [0.4, 0.5) is 0 Å². The Bertz CT molecular complexity index is 660. The highest BCUT2D eigenvalue weighted by molar-refractivity contribution is 7.71. The Morgan fingerprint density at radius 3 is 2.63 bits per heavy atom. The largest absolute Gasteiger partial charge is 0.493 e. The topological polar surface area (TPSA) is 64.4 Å². The molecule has 0 saturated heterocycles. The molecule has 2 aromatic rings. The highest BCUT2D eigenvalue weighted by Crippen LogP contribution is 2.26. The van der Waals surface area contributed by atoms with Crippen molar-refractivity contribution in [3.8, 4) is 11.5 Å². The van der Waals surface area contributed by atoms with E-state index in [0.29, 0.717) is 22.1 Å². The van der Waals surface area contributed by atoms with E-state index in [1.54, 1.807) is 25.1 Å². The second-order valence-corrected chi connectivity index (χ2v) is 4.13. The minimum absolute atomic E-state index is 0.453. The van der Waals surface area contributed by atoms with Crippen LogP contribution in [0.25, 0.3) is 0 Å². The minimum Gasteiger partial charge on any atom is -0.493 e. The number of aryl methyl sites for hydroxylation is 1. The molecular formula is C12H14N4O2S. The molecule has 2 rings (SSSR count). The van der Waals surface area contributed by atoms with E-state index >= 15 is 0 Å². The molecule has 0 radical (unpaired) electrons. The third-order valence-corrected chi connectivity index (χ3v) is 2.81. The van der Waals surface area contributed by atoms with Gasteiger partial charge >= 0.3 is 0 Å². The number of aromatic amines is 1. The molecule has 0 aliphatic carbocycles. The van der Waals surface area contributed by atoms with Gasteiger partial charge in [-0.2, -0.15) is 14.9 Å². The summed E-state index contributed by atoms with van der Waals surface area (Å²) >= 11 is 5.06. The second kappa shape index (κ2) is 5.66. The fraction of sp³-hybridized carbons (Fsp3) is 0.250. The number of aromatic nitrogens is 3. The molecule has 0 aliphatic heterocycles. The average Bonchev–Trinajstić information content (AvgIpc) is 2.75. The lowest BCUT2D eigenvalue weighted by Gasteiger charge is -2.07. The maximum Gasteiger partial charge on any atom is 0.216 e. The molecule has 0 atom stereocenters. The Balaban J connectivity index is 2.31. The van der Waals surface area contributed by atoms with Crippen LogP contribution in [0.2, 0.25) is 0 Å². The summed E-state index contributed by atoms with van der Waals surface area (Å²) in [4.78, 5) is 0. The van der Waals surface area contributed by atoms with Gasteiger partial charge in [-0.3, -0.25) is 5.10 Å². The number of hydrogen-bond acceptors (Lipinski definition) is 5. The lowest BCUT2D eigenvalue weighted by molar-refractivity contribution is 0.355. The fourth-order valence-corrected chi connectivity index (χ4v) is 1.79.